The van der Waals surface area contributed by atoms with Gasteiger partial charge >= 0.3 is 12.2 Å². The average molecular weight is 347 g/mol. The molecule has 0 aromatic rings. The molecule has 0 fully saturated rings. The summed E-state index contributed by atoms with van der Waals surface area (Å²) < 4.78 is 10.5. The van der Waals surface area contributed by atoms with Gasteiger partial charge in [-0.05, 0) is 54.4 Å². The Labute approximate surface area is 144 Å². The Bertz CT molecular complexity index is 388. The molecule has 0 unspecified atom stereocenters. The molecule has 0 bridgehead atoms. The summed E-state index contributed by atoms with van der Waals surface area (Å²) in [6.45, 7) is 12.4. The van der Waals surface area contributed by atoms with E-state index in [1.807, 2.05) is 41.5 Å². The number of nitrogens with two attached hydrogens (primary N) is 1. The predicted molar refractivity (Wildman–Crippen MR) is 91.4 cm³/mol. The summed E-state index contributed by atoms with van der Waals surface area (Å²) >= 11 is 0. The largest absolute Gasteiger partial charge is 0.444 e. The van der Waals surface area contributed by atoms with Gasteiger partial charge in [0, 0.05) is 19.6 Å². The van der Waals surface area contributed by atoms with Crippen molar-refractivity contribution in [1.29, 1.82) is 0 Å². The first-order chi connectivity index (χ1) is 10.9. The smallest absolute Gasteiger partial charge is 0.410 e. The van der Waals surface area contributed by atoms with E-state index in [-0.39, 0.29) is 6.61 Å². The zero-order valence-corrected chi connectivity index (χ0v) is 15.8. The first kappa shape index (κ1) is 22.5. The van der Waals surface area contributed by atoms with E-state index in [0.29, 0.717) is 32.5 Å². The Morgan fingerprint density at radius 1 is 0.958 bits per heavy atom. The number of carbonyl (C=O) groups excluding carboxylic acids is 2. The van der Waals surface area contributed by atoms with Crippen LogP contribution in [0.2, 0.25) is 0 Å². The van der Waals surface area contributed by atoms with Crippen molar-refractivity contribution in [3.05, 3.63) is 0 Å². The molecular formula is C16H33N3O5. The van der Waals surface area contributed by atoms with Crippen LogP contribution in [0.15, 0.2) is 0 Å². The summed E-state index contributed by atoms with van der Waals surface area (Å²) in [4.78, 5) is 29.7. The number of ether oxygens (including phenoxy) is 2. The van der Waals surface area contributed by atoms with Crippen molar-refractivity contribution in [2.75, 3.05) is 26.2 Å². The van der Waals surface area contributed by atoms with Crippen LogP contribution in [0, 0.1) is 0 Å². The second kappa shape index (κ2) is 10.4. The quantitative estimate of drug-likeness (QED) is 0.516. The summed E-state index contributed by atoms with van der Waals surface area (Å²) in [7, 11) is 0. The summed E-state index contributed by atoms with van der Waals surface area (Å²) in [5, 5.41) is 2.68. The summed E-state index contributed by atoms with van der Waals surface area (Å²) in [6, 6.07) is 0. The van der Waals surface area contributed by atoms with Crippen molar-refractivity contribution in [3.8, 4) is 0 Å². The molecule has 0 aromatic heterocycles. The van der Waals surface area contributed by atoms with E-state index in [2.05, 4.69) is 10.2 Å². The number of hydrogen-bond acceptors (Lipinski definition) is 6. The van der Waals surface area contributed by atoms with Gasteiger partial charge in [-0.25, -0.2) is 15.5 Å². The Hall–Kier alpha value is -1.54. The minimum Gasteiger partial charge on any atom is -0.444 e. The fraction of sp³-hybridized carbons (Fsp3) is 0.875. The Morgan fingerprint density at radius 2 is 1.54 bits per heavy atom. The van der Waals surface area contributed by atoms with E-state index in [0.717, 1.165) is 0 Å². The van der Waals surface area contributed by atoms with Gasteiger partial charge in [-0.3, -0.25) is 0 Å². The van der Waals surface area contributed by atoms with Crippen LogP contribution in [-0.4, -0.2) is 54.5 Å². The second-order valence-electron chi connectivity index (χ2n) is 7.47. The molecule has 0 aliphatic rings. The minimum absolute atomic E-state index is 0.232. The maximum Gasteiger partial charge on any atom is 0.410 e. The summed E-state index contributed by atoms with van der Waals surface area (Å²) in [6.07, 6.45) is 0.574. The van der Waals surface area contributed by atoms with Crippen molar-refractivity contribution in [3.63, 3.8) is 0 Å². The van der Waals surface area contributed by atoms with Gasteiger partial charge < -0.3 is 24.5 Å². The van der Waals surface area contributed by atoms with E-state index >= 15 is 0 Å². The fourth-order valence-electron chi connectivity index (χ4n) is 1.72. The molecule has 0 atom stereocenters. The van der Waals surface area contributed by atoms with Gasteiger partial charge in [-0.15, -0.1) is 0 Å². The molecule has 0 aromatic carbocycles. The molecule has 0 saturated carbocycles. The highest BCUT2D eigenvalue weighted by molar-refractivity contribution is 5.68. The highest BCUT2D eigenvalue weighted by Crippen LogP contribution is 2.10. The van der Waals surface area contributed by atoms with Crippen molar-refractivity contribution in [1.82, 2.24) is 10.2 Å². The number of carbonyl (C=O) groups is 2. The van der Waals surface area contributed by atoms with E-state index < -0.39 is 23.4 Å². The molecule has 0 aliphatic heterocycles. The van der Waals surface area contributed by atoms with Gasteiger partial charge in [-0.2, -0.15) is 0 Å². The molecule has 0 rings (SSSR count). The first-order valence-electron chi connectivity index (χ1n) is 8.21. The van der Waals surface area contributed by atoms with Crippen LogP contribution < -0.4 is 11.2 Å². The lowest BCUT2D eigenvalue weighted by atomic mass is 10.2. The van der Waals surface area contributed by atoms with E-state index in [1.54, 1.807) is 4.90 Å². The lowest BCUT2D eigenvalue weighted by Gasteiger charge is -2.27. The third-order valence-electron chi connectivity index (χ3n) is 2.65. The highest BCUT2D eigenvalue weighted by Gasteiger charge is 2.21. The molecule has 0 aliphatic carbocycles. The topological polar surface area (TPSA) is 103 Å². The zero-order valence-electron chi connectivity index (χ0n) is 15.8. The highest BCUT2D eigenvalue weighted by atomic mass is 16.6. The molecular weight excluding hydrogens is 314 g/mol. The second-order valence-corrected chi connectivity index (χ2v) is 7.47. The van der Waals surface area contributed by atoms with Gasteiger partial charge in [0.05, 0.1) is 6.61 Å². The minimum atomic E-state index is -0.558. The Morgan fingerprint density at radius 3 is 2.04 bits per heavy atom. The molecule has 8 nitrogen and oxygen atoms in total. The van der Waals surface area contributed by atoms with Crippen LogP contribution in [0.4, 0.5) is 9.59 Å². The monoisotopic (exact) mass is 347 g/mol. The molecule has 0 heterocycles. The van der Waals surface area contributed by atoms with E-state index in [4.69, 9.17) is 15.4 Å². The lowest BCUT2D eigenvalue weighted by molar-refractivity contribution is 0.0171. The Balaban J connectivity index is 4.15. The van der Waals surface area contributed by atoms with Crippen LogP contribution in [0.5, 0.6) is 0 Å². The molecule has 3 N–H and O–H groups in total. The van der Waals surface area contributed by atoms with Crippen LogP contribution in [0.1, 0.15) is 54.4 Å². The molecule has 2 amide bonds. The standard InChI is InChI=1S/C16H33N3O5/c1-15(2,3)23-13(20)18-9-7-8-10-19(11-12-22-17)14(21)24-16(4,5)6/h7-12,17H2,1-6H3,(H,18,20). The maximum absolute atomic E-state index is 12.1. The van der Waals surface area contributed by atoms with Gasteiger partial charge in [0.2, 0.25) is 0 Å². The SMILES string of the molecule is CC(C)(C)OC(=O)NCCCCN(CCON)C(=O)OC(C)(C)C. The molecule has 142 valence electrons. The van der Waals surface area contributed by atoms with Crippen LogP contribution >= 0.6 is 0 Å². The first-order valence-corrected chi connectivity index (χ1v) is 8.21. The predicted octanol–water partition coefficient (Wildman–Crippen LogP) is 2.42. The van der Waals surface area contributed by atoms with Crippen LogP contribution in [-0.2, 0) is 14.3 Å². The molecule has 0 saturated heterocycles. The number of nitrogens with zero attached hydrogens (tertiary/aromatic N) is 1. The van der Waals surface area contributed by atoms with Gasteiger partial charge in [0.15, 0.2) is 0 Å². The van der Waals surface area contributed by atoms with Crippen molar-refractivity contribution >= 4 is 12.2 Å². The molecule has 0 radical (unpaired) electrons. The maximum atomic E-state index is 12.1. The van der Waals surface area contributed by atoms with Gasteiger partial charge in [-0.1, -0.05) is 0 Å². The third kappa shape index (κ3) is 13.0. The molecule has 8 heteroatoms. The summed E-state index contributed by atoms with van der Waals surface area (Å²) in [5.41, 5.74) is -1.07. The number of amides is 2. The van der Waals surface area contributed by atoms with E-state index in [1.165, 1.54) is 0 Å². The van der Waals surface area contributed by atoms with Crippen molar-refractivity contribution in [2.24, 2.45) is 5.90 Å². The van der Waals surface area contributed by atoms with Crippen LogP contribution in [0.3, 0.4) is 0 Å². The zero-order chi connectivity index (χ0) is 18.8. The van der Waals surface area contributed by atoms with Crippen LogP contribution in [0.25, 0.3) is 0 Å². The molecule has 24 heavy (non-hydrogen) atoms. The average Bonchev–Trinajstić information content (AvgIpc) is 2.37. The number of nitrogens with one attached hydrogen (secondary N) is 1. The fourth-order valence-corrected chi connectivity index (χ4v) is 1.72. The van der Waals surface area contributed by atoms with Crippen molar-refractivity contribution in [2.45, 2.75) is 65.6 Å². The number of alkyl carbamates (subject to hydrolysis) is 1. The number of hydrogen-bond donors (Lipinski definition) is 2. The van der Waals surface area contributed by atoms with E-state index in [9.17, 15) is 9.59 Å². The van der Waals surface area contributed by atoms with Gasteiger partial charge in [0.1, 0.15) is 11.2 Å². The van der Waals surface area contributed by atoms with Crippen molar-refractivity contribution < 1.29 is 23.9 Å². The molecule has 0 spiro atoms. The Kier molecular flexibility index (Phi) is 9.69. The number of rotatable bonds is 8. The normalized spacial score (nSPS) is 11.8. The van der Waals surface area contributed by atoms with Gasteiger partial charge in [0.25, 0.3) is 0 Å². The third-order valence-corrected chi connectivity index (χ3v) is 2.65. The number of unbranched alkanes of at least 4 members (excludes halogenated alkanes) is 1. The summed E-state index contributed by atoms with van der Waals surface area (Å²) in [5.74, 6) is 5.02. The lowest BCUT2D eigenvalue weighted by Crippen LogP contribution is -2.40.